The van der Waals surface area contributed by atoms with Gasteiger partial charge in [0.15, 0.2) is 5.82 Å². The fraction of sp³-hybridized carbons (Fsp3) is 0.273. The molecule has 3 aromatic heterocycles. The van der Waals surface area contributed by atoms with E-state index in [-0.39, 0.29) is 5.95 Å². The number of nitrogens with two attached hydrogens (primary N) is 1. The summed E-state index contributed by atoms with van der Waals surface area (Å²) in [4.78, 5) is 16.5. The first kappa shape index (κ1) is 13.0. The van der Waals surface area contributed by atoms with Crippen molar-refractivity contribution in [3.05, 3.63) is 30.6 Å². The molecule has 0 aromatic carbocycles. The lowest BCUT2D eigenvalue weighted by molar-refractivity contribution is 0.741. The smallest absolute Gasteiger partial charge is 0.257 e. The van der Waals surface area contributed by atoms with E-state index in [0.29, 0.717) is 24.9 Å². The summed E-state index contributed by atoms with van der Waals surface area (Å²) in [7, 11) is 1.83. The number of rotatable bonds is 5. The molecule has 3 rings (SSSR count). The van der Waals surface area contributed by atoms with E-state index in [4.69, 9.17) is 5.73 Å². The molecule has 0 aliphatic carbocycles. The number of nitrogens with zero attached hydrogens (tertiary/aromatic N) is 8. The maximum atomic E-state index is 5.68. The Kier molecular flexibility index (Phi) is 3.41. The third-order valence-electron chi connectivity index (χ3n) is 2.63. The summed E-state index contributed by atoms with van der Waals surface area (Å²) in [5.41, 5.74) is 5.68. The van der Waals surface area contributed by atoms with E-state index >= 15 is 0 Å². The second kappa shape index (κ2) is 5.53. The van der Waals surface area contributed by atoms with Crippen molar-refractivity contribution in [3.8, 4) is 5.95 Å². The van der Waals surface area contributed by atoms with Crippen LogP contribution >= 0.6 is 0 Å². The summed E-state index contributed by atoms with van der Waals surface area (Å²) < 4.78 is 3.18. The summed E-state index contributed by atoms with van der Waals surface area (Å²) >= 11 is 0. The molecule has 10 heteroatoms. The SMILES string of the molecule is Cn1cnc(CCNc2nc(N)nc(-n3cccn3)n2)n1. The molecule has 0 aliphatic heterocycles. The molecular formula is C11H14N10. The molecule has 0 fully saturated rings. The fourth-order valence-corrected chi connectivity index (χ4v) is 1.73. The minimum atomic E-state index is 0.133. The van der Waals surface area contributed by atoms with Gasteiger partial charge < -0.3 is 11.1 Å². The Labute approximate surface area is 120 Å². The molecule has 0 saturated heterocycles. The summed E-state index contributed by atoms with van der Waals surface area (Å²) in [6, 6.07) is 1.78. The molecule has 0 saturated carbocycles. The molecule has 0 aliphatic rings. The Bertz CT molecular complexity index is 716. The third kappa shape index (κ3) is 3.11. The highest BCUT2D eigenvalue weighted by atomic mass is 15.4. The van der Waals surface area contributed by atoms with Crippen LogP contribution < -0.4 is 11.1 Å². The average Bonchev–Trinajstić information content (AvgIpc) is 3.10. The molecule has 0 atom stereocenters. The summed E-state index contributed by atoms with van der Waals surface area (Å²) in [6.07, 6.45) is 5.69. The molecule has 0 radical (unpaired) electrons. The predicted molar refractivity (Wildman–Crippen MR) is 74.6 cm³/mol. The van der Waals surface area contributed by atoms with Gasteiger partial charge in [-0.1, -0.05) is 0 Å². The van der Waals surface area contributed by atoms with Gasteiger partial charge in [-0.25, -0.2) is 9.67 Å². The summed E-state index contributed by atoms with van der Waals surface area (Å²) in [6.45, 7) is 0.589. The first-order valence-corrected chi connectivity index (χ1v) is 6.30. The molecule has 108 valence electrons. The summed E-state index contributed by atoms with van der Waals surface area (Å²) in [5, 5.41) is 11.3. The van der Waals surface area contributed by atoms with Crippen molar-refractivity contribution >= 4 is 11.9 Å². The van der Waals surface area contributed by atoms with E-state index in [9.17, 15) is 0 Å². The van der Waals surface area contributed by atoms with Gasteiger partial charge in [-0.05, 0) is 6.07 Å². The highest BCUT2D eigenvalue weighted by Crippen LogP contribution is 2.06. The second-order valence-corrected chi connectivity index (χ2v) is 4.28. The van der Waals surface area contributed by atoms with Crippen LogP contribution in [0.5, 0.6) is 0 Å². The van der Waals surface area contributed by atoms with E-state index in [1.165, 1.54) is 4.68 Å². The lowest BCUT2D eigenvalue weighted by atomic mass is 10.4. The van der Waals surface area contributed by atoms with Crippen molar-refractivity contribution in [1.29, 1.82) is 0 Å². The Morgan fingerprint density at radius 1 is 1.29 bits per heavy atom. The average molecular weight is 286 g/mol. The van der Waals surface area contributed by atoms with Gasteiger partial charge >= 0.3 is 0 Å². The molecule has 10 nitrogen and oxygen atoms in total. The van der Waals surface area contributed by atoms with Gasteiger partial charge in [0.1, 0.15) is 6.33 Å². The van der Waals surface area contributed by atoms with E-state index in [2.05, 4.69) is 35.5 Å². The van der Waals surface area contributed by atoms with Crippen LogP contribution in [0.15, 0.2) is 24.8 Å². The van der Waals surface area contributed by atoms with Crippen molar-refractivity contribution in [1.82, 2.24) is 39.5 Å². The maximum absolute atomic E-state index is 5.68. The van der Waals surface area contributed by atoms with Crippen LogP contribution in [0, 0.1) is 0 Å². The van der Waals surface area contributed by atoms with Crippen LogP contribution in [0.2, 0.25) is 0 Å². The van der Waals surface area contributed by atoms with E-state index in [0.717, 1.165) is 5.82 Å². The van der Waals surface area contributed by atoms with Crippen LogP contribution in [0.1, 0.15) is 5.82 Å². The fourth-order valence-electron chi connectivity index (χ4n) is 1.73. The number of anilines is 2. The first-order valence-electron chi connectivity index (χ1n) is 6.30. The molecular weight excluding hydrogens is 272 g/mol. The van der Waals surface area contributed by atoms with Gasteiger partial charge in [0.05, 0.1) is 0 Å². The second-order valence-electron chi connectivity index (χ2n) is 4.28. The van der Waals surface area contributed by atoms with Gasteiger partial charge in [0.2, 0.25) is 11.9 Å². The van der Waals surface area contributed by atoms with Crippen LogP contribution in [0.3, 0.4) is 0 Å². The zero-order valence-electron chi connectivity index (χ0n) is 11.4. The van der Waals surface area contributed by atoms with Gasteiger partial charge in [0, 0.05) is 32.4 Å². The Morgan fingerprint density at radius 2 is 2.19 bits per heavy atom. The minimum absolute atomic E-state index is 0.133. The van der Waals surface area contributed by atoms with Crippen LogP contribution in [-0.4, -0.2) is 46.0 Å². The Hall–Kier alpha value is -3.04. The van der Waals surface area contributed by atoms with Crippen molar-refractivity contribution in [2.75, 3.05) is 17.6 Å². The van der Waals surface area contributed by atoms with Gasteiger partial charge in [-0.3, -0.25) is 4.68 Å². The predicted octanol–water partition coefficient (Wildman–Crippen LogP) is -0.577. The molecule has 21 heavy (non-hydrogen) atoms. The molecule has 0 bridgehead atoms. The van der Waals surface area contributed by atoms with Crippen molar-refractivity contribution in [2.24, 2.45) is 7.05 Å². The highest BCUT2D eigenvalue weighted by molar-refractivity contribution is 5.34. The summed E-state index contributed by atoms with van der Waals surface area (Å²) in [5.74, 6) is 1.64. The van der Waals surface area contributed by atoms with Gasteiger partial charge in [-0.2, -0.15) is 25.1 Å². The van der Waals surface area contributed by atoms with E-state index in [1.54, 1.807) is 29.5 Å². The number of nitrogens with one attached hydrogen (secondary N) is 1. The normalized spacial score (nSPS) is 10.7. The van der Waals surface area contributed by atoms with Crippen LogP contribution in [0.4, 0.5) is 11.9 Å². The van der Waals surface area contributed by atoms with Crippen LogP contribution in [-0.2, 0) is 13.5 Å². The number of aryl methyl sites for hydroxylation is 1. The number of hydrogen-bond acceptors (Lipinski definition) is 8. The topological polar surface area (TPSA) is 125 Å². The van der Waals surface area contributed by atoms with E-state index in [1.807, 2.05) is 7.05 Å². The monoisotopic (exact) mass is 286 g/mol. The standard InChI is InChI=1S/C11H14N10/c1-20-7-14-8(19-20)3-5-13-10-16-9(12)17-11(18-10)21-6-2-4-15-21/h2,4,6-7H,3,5H2,1H3,(H3,12,13,16,17,18). The zero-order chi connectivity index (χ0) is 14.7. The Morgan fingerprint density at radius 3 is 2.90 bits per heavy atom. The minimum Gasteiger partial charge on any atom is -0.368 e. The molecule has 0 unspecified atom stereocenters. The molecule has 3 heterocycles. The number of hydrogen-bond donors (Lipinski definition) is 2. The van der Waals surface area contributed by atoms with Crippen molar-refractivity contribution in [3.63, 3.8) is 0 Å². The van der Waals surface area contributed by atoms with Crippen molar-refractivity contribution < 1.29 is 0 Å². The molecule has 3 N–H and O–H groups in total. The lowest BCUT2D eigenvalue weighted by Gasteiger charge is -2.06. The molecule has 3 aromatic rings. The number of aromatic nitrogens is 8. The number of nitrogen functional groups attached to an aromatic ring is 1. The largest absolute Gasteiger partial charge is 0.368 e. The Balaban J connectivity index is 1.68. The van der Waals surface area contributed by atoms with Gasteiger partial charge in [0.25, 0.3) is 5.95 Å². The molecule has 0 spiro atoms. The van der Waals surface area contributed by atoms with Crippen molar-refractivity contribution in [2.45, 2.75) is 6.42 Å². The lowest BCUT2D eigenvalue weighted by Crippen LogP contribution is -2.13. The first-order chi connectivity index (χ1) is 10.2. The molecule has 0 amide bonds. The van der Waals surface area contributed by atoms with E-state index < -0.39 is 0 Å². The van der Waals surface area contributed by atoms with Crippen LogP contribution in [0.25, 0.3) is 5.95 Å². The maximum Gasteiger partial charge on any atom is 0.257 e. The zero-order valence-corrected chi connectivity index (χ0v) is 11.4. The highest BCUT2D eigenvalue weighted by Gasteiger charge is 2.06. The third-order valence-corrected chi connectivity index (χ3v) is 2.63. The van der Waals surface area contributed by atoms with Gasteiger partial charge in [-0.15, -0.1) is 0 Å². The quantitative estimate of drug-likeness (QED) is 0.638.